The first-order valence-electron chi connectivity index (χ1n) is 9.12. The van der Waals surface area contributed by atoms with Crippen LogP contribution in [0.2, 0.25) is 5.02 Å². The van der Waals surface area contributed by atoms with Gasteiger partial charge in [-0.2, -0.15) is 0 Å². The molecule has 3 atom stereocenters. The molecule has 3 rings (SSSR count). The molecule has 1 aromatic rings. The van der Waals surface area contributed by atoms with E-state index >= 15 is 0 Å². The molecule has 2 saturated carbocycles. The molecular weight excluding hydrogens is 306 g/mol. The molecule has 0 amide bonds. The second-order valence-electron chi connectivity index (χ2n) is 8.04. The van der Waals surface area contributed by atoms with Gasteiger partial charge in [0, 0.05) is 23.5 Å². The van der Waals surface area contributed by atoms with E-state index in [0.717, 1.165) is 42.8 Å². The zero-order valence-corrected chi connectivity index (χ0v) is 15.2. The zero-order valence-electron chi connectivity index (χ0n) is 14.5. The molecule has 0 radical (unpaired) electrons. The molecule has 0 heterocycles. The smallest absolute Gasteiger partial charge is 0.0763 e. The van der Waals surface area contributed by atoms with E-state index < -0.39 is 0 Å². The van der Waals surface area contributed by atoms with Crippen LogP contribution in [0.15, 0.2) is 24.3 Å². The molecular formula is C20H30ClNO. The average Bonchev–Trinajstić information content (AvgIpc) is 2.84. The maximum atomic E-state index is 11.0. The fraction of sp³-hybridized carbons (Fsp3) is 0.700. The molecule has 2 aliphatic carbocycles. The van der Waals surface area contributed by atoms with Gasteiger partial charge < -0.3 is 10.0 Å². The van der Waals surface area contributed by atoms with Crippen molar-refractivity contribution in [2.45, 2.75) is 57.0 Å². The predicted molar refractivity (Wildman–Crippen MR) is 97.0 cm³/mol. The number of nitrogens with zero attached hydrogens (tertiary/aromatic N) is 1. The van der Waals surface area contributed by atoms with Gasteiger partial charge in [0.25, 0.3) is 0 Å². The molecule has 0 spiro atoms. The monoisotopic (exact) mass is 335 g/mol. The summed E-state index contributed by atoms with van der Waals surface area (Å²) >= 11 is 6.02. The average molecular weight is 336 g/mol. The number of aliphatic hydroxyl groups excluding tert-OH is 1. The molecule has 128 valence electrons. The molecule has 0 saturated heterocycles. The summed E-state index contributed by atoms with van der Waals surface area (Å²) in [6.07, 6.45) is 7.17. The van der Waals surface area contributed by atoms with Gasteiger partial charge in [-0.1, -0.05) is 43.5 Å². The van der Waals surface area contributed by atoms with E-state index in [4.69, 9.17) is 11.6 Å². The minimum Gasteiger partial charge on any atom is -0.391 e. The number of benzene rings is 1. The van der Waals surface area contributed by atoms with Crippen molar-refractivity contribution in [3.05, 3.63) is 34.9 Å². The van der Waals surface area contributed by atoms with Gasteiger partial charge in [0.05, 0.1) is 6.10 Å². The van der Waals surface area contributed by atoms with Crippen molar-refractivity contribution in [2.24, 2.45) is 11.8 Å². The third kappa shape index (κ3) is 3.75. The van der Waals surface area contributed by atoms with Crippen molar-refractivity contribution >= 4 is 11.6 Å². The summed E-state index contributed by atoms with van der Waals surface area (Å²) in [6, 6.07) is 8.10. The largest absolute Gasteiger partial charge is 0.391 e. The lowest BCUT2D eigenvalue weighted by Gasteiger charge is -2.47. The summed E-state index contributed by atoms with van der Waals surface area (Å²) < 4.78 is 0. The van der Waals surface area contributed by atoms with Crippen molar-refractivity contribution in [3.63, 3.8) is 0 Å². The minimum absolute atomic E-state index is 0.0538. The van der Waals surface area contributed by atoms with Gasteiger partial charge in [0.2, 0.25) is 0 Å². The zero-order chi connectivity index (χ0) is 16.4. The Kier molecular flexibility index (Phi) is 5.35. The van der Waals surface area contributed by atoms with Crippen molar-refractivity contribution < 1.29 is 5.11 Å². The molecule has 3 heteroatoms. The third-order valence-electron chi connectivity index (χ3n) is 6.16. The highest BCUT2D eigenvalue weighted by atomic mass is 35.5. The Bertz CT molecular complexity index is 511. The Hall–Kier alpha value is -0.570. The molecule has 0 aromatic heterocycles. The van der Waals surface area contributed by atoms with Crippen LogP contribution in [0.4, 0.5) is 0 Å². The Morgan fingerprint density at radius 3 is 2.48 bits per heavy atom. The number of hydrogen-bond donors (Lipinski definition) is 1. The first kappa shape index (κ1) is 17.3. The molecule has 2 aliphatic rings. The lowest BCUT2D eigenvalue weighted by molar-refractivity contribution is 0.00480. The van der Waals surface area contributed by atoms with Crippen LogP contribution < -0.4 is 0 Å². The highest BCUT2D eigenvalue weighted by Crippen LogP contribution is 2.47. The lowest BCUT2D eigenvalue weighted by Crippen LogP contribution is -2.50. The van der Waals surface area contributed by atoms with Crippen LogP contribution in [0.5, 0.6) is 0 Å². The number of likely N-dealkylation sites (N-methyl/N-ethyl adjacent to an activating group) is 1. The lowest BCUT2D eigenvalue weighted by atomic mass is 9.61. The SMILES string of the molecule is CC1CCC(CN(C)CC(O)C2(c3ccc(Cl)cc3)CCC2)C1. The van der Waals surface area contributed by atoms with E-state index in [2.05, 4.69) is 31.0 Å². The fourth-order valence-corrected chi connectivity index (χ4v) is 4.76. The molecule has 3 unspecified atom stereocenters. The standard InChI is InChI=1S/C20H30ClNO/c1-15-4-5-16(12-15)13-22(2)14-19(23)20(10-3-11-20)17-6-8-18(21)9-7-17/h6-9,15-16,19,23H,3-5,10-14H2,1-2H3. The van der Waals surface area contributed by atoms with Gasteiger partial charge in [0.15, 0.2) is 0 Å². The number of hydrogen-bond acceptors (Lipinski definition) is 2. The summed E-state index contributed by atoms with van der Waals surface area (Å²) in [6.45, 7) is 4.25. The van der Waals surface area contributed by atoms with Crippen LogP contribution in [0.3, 0.4) is 0 Å². The molecule has 2 nitrogen and oxygen atoms in total. The number of rotatable bonds is 6. The molecule has 23 heavy (non-hydrogen) atoms. The van der Waals surface area contributed by atoms with E-state index in [-0.39, 0.29) is 11.5 Å². The van der Waals surface area contributed by atoms with Gasteiger partial charge >= 0.3 is 0 Å². The van der Waals surface area contributed by atoms with Crippen LogP contribution >= 0.6 is 11.6 Å². The fourth-order valence-electron chi connectivity index (χ4n) is 4.63. The Labute approximate surface area is 145 Å². The molecule has 1 aromatic carbocycles. The summed E-state index contributed by atoms with van der Waals surface area (Å²) in [5.41, 5.74) is 1.20. The number of halogens is 1. The Morgan fingerprint density at radius 2 is 1.96 bits per heavy atom. The summed E-state index contributed by atoms with van der Waals surface area (Å²) in [5, 5.41) is 11.7. The van der Waals surface area contributed by atoms with Gasteiger partial charge in [0.1, 0.15) is 0 Å². The Morgan fingerprint density at radius 1 is 1.26 bits per heavy atom. The van der Waals surface area contributed by atoms with E-state index in [1.165, 1.54) is 31.2 Å². The molecule has 0 bridgehead atoms. The topological polar surface area (TPSA) is 23.5 Å². The van der Waals surface area contributed by atoms with Gasteiger partial charge in [-0.3, -0.25) is 0 Å². The number of aliphatic hydroxyl groups is 1. The van der Waals surface area contributed by atoms with E-state index in [9.17, 15) is 5.11 Å². The first-order valence-corrected chi connectivity index (χ1v) is 9.50. The van der Waals surface area contributed by atoms with Crippen LogP contribution in [0.1, 0.15) is 51.0 Å². The van der Waals surface area contributed by atoms with Crippen LogP contribution in [0, 0.1) is 11.8 Å². The third-order valence-corrected chi connectivity index (χ3v) is 6.41. The van der Waals surface area contributed by atoms with Crippen LogP contribution in [-0.4, -0.2) is 36.2 Å². The van der Waals surface area contributed by atoms with Crippen LogP contribution in [-0.2, 0) is 5.41 Å². The summed E-state index contributed by atoms with van der Waals surface area (Å²) in [7, 11) is 2.17. The van der Waals surface area contributed by atoms with Crippen molar-refractivity contribution in [3.8, 4) is 0 Å². The molecule has 0 aliphatic heterocycles. The quantitative estimate of drug-likeness (QED) is 0.827. The van der Waals surface area contributed by atoms with Gasteiger partial charge in [-0.25, -0.2) is 0 Å². The van der Waals surface area contributed by atoms with E-state index in [1.807, 2.05) is 12.1 Å². The Balaban J connectivity index is 1.61. The van der Waals surface area contributed by atoms with E-state index in [0.29, 0.717) is 0 Å². The summed E-state index contributed by atoms with van der Waals surface area (Å²) in [5.74, 6) is 1.69. The molecule has 1 N–H and O–H groups in total. The van der Waals surface area contributed by atoms with Crippen molar-refractivity contribution in [2.75, 3.05) is 20.1 Å². The van der Waals surface area contributed by atoms with Gasteiger partial charge in [-0.05, 0) is 62.3 Å². The van der Waals surface area contributed by atoms with Crippen LogP contribution in [0.25, 0.3) is 0 Å². The normalized spacial score (nSPS) is 27.9. The molecule has 2 fully saturated rings. The van der Waals surface area contributed by atoms with Gasteiger partial charge in [-0.15, -0.1) is 0 Å². The van der Waals surface area contributed by atoms with Crippen molar-refractivity contribution in [1.82, 2.24) is 4.90 Å². The second kappa shape index (κ2) is 7.13. The predicted octanol–water partition coefficient (Wildman–Crippen LogP) is 4.49. The minimum atomic E-state index is -0.291. The first-order chi connectivity index (χ1) is 11.0. The van der Waals surface area contributed by atoms with E-state index in [1.54, 1.807) is 0 Å². The maximum absolute atomic E-state index is 11.0. The van der Waals surface area contributed by atoms with Crippen molar-refractivity contribution in [1.29, 1.82) is 0 Å². The summed E-state index contributed by atoms with van der Waals surface area (Å²) in [4.78, 5) is 2.35. The maximum Gasteiger partial charge on any atom is 0.0763 e. The highest BCUT2D eigenvalue weighted by Gasteiger charge is 2.45. The second-order valence-corrected chi connectivity index (χ2v) is 8.47. The highest BCUT2D eigenvalue weighted by molar-refractivity contribution is 6.30.